The quantitative estimate of drug-likeness (QED) is 0.423. The molecule has 0 N–H and O–H groups in total. The standard InChI is InChI=1S/C19H30O4Si/c1-8-15(23-24(6,7)19(2,3)4)17-16(22-17)13-10-9-11-14(12-13)18(20)21-5/h9-12,15-17H,8H2,1-7H3. The highest BCUT2D eigenvalue weighted by Gasteiger charge is 2.49. The van der Waals surface area contributed by atoms with E-state index < -0.39 is 8.32 Å². The summed E-state index contributed by atoms with van der Waals surface area (Å²) in [6.45, 7) is 13.4. The van der Waals surface area contributed by atoms with Crippen molar-refractivity contribution in [1.82, 2.24) is 0 Å². The molecule has 2 rings (SSSR count). The first-order valence-electron chi connectivity index (χ1n) is 8.62. The smallest absolute Gasteiger partial charge is 0.337 e. The summed E-state index contributed by atoms with van der Waals surface area (Å²) in [6.07, 6.45) is 1.09. The highest BCUT2D eigenvalue weighted by molar-refractivity contribution is 6.74. The normalized spacial score (nSPS) is 22.1. The second-order valence-electron chi connectivity index (χ2n) is 7.96. The van der Waals surface area contributed by atoms with Crippen LogP contribution in [-0.2, 0) is 13.9 Å². The molecule has 0 amide bonds. The van der Waals surface area contributed by atoms with Gasteiger partial charge in [-0.15, -0.1) is 0 Å². The van der Waals surface area contributed by atoms with Gasteiger partial charge in [0.1, 0.15) is 12.2 Å². The average Bonchev–Trinajstić information content (AvgIpc) is 3.31. The largest absolute Gasteiger partial charge is 0.465 e. The molecule has 1 fully saturated rings. The van der Waals surface area contributed by atoms with Crippen LogP contribution in [0.1, 0.15) is 56.1 Å². The first kappa shape index (κ1) is 19.2. The molecule has 1 heterocycles. The van der Waals surface area contributed by atoms with E-state index in [2.05, 4.69) is 40.8 Å². The SMILES string of the molecule is CCC(O[Si](C)(C)C(C)(C)C)C1OC1c1cccc(C(=O)OC)c1. The van der Waals surface area contributed by atoms with Crippen LogP contribution in [0.15, 0.2) is 24.3 Å². The predicted octanol–water partition coefficient (Wildman–Crippen LogP) is 4.71. The number of hydrogen-bond donors (Lipinski definition) is 0. The zero-order valence-electron chi connectivity index (χ0n) is 15.9. The lowest BCUT2D eigenvalue weighted by molar-refractivity contribution is 0.0600. The molecule has 0 radical (unpaired) electrons. The Kier molecular flexibility index (Phi) is 5.57. The Morgan fingerprint density at radius 3 is 2.54 bits per heavy atom. The Bertz CT molecular complexity index is 591. The molecule has 0 aliphatic carbocycles. The van der Waals surface area contributed by atoms with Gasteiger partial charge in [0.25, 0.3) is 0 Å². The number of methoxy groups -OCH3 is 1. The molecule has 0 bridgehead atoms. The molecule has 1 aliphatic rings. The van der Waals surface area contributed by atoms with Crippen molar-refractivity contribution in [3.8, 4) is 0 Å². The van der Waals surface area contributed by atoms with E-state index in [1.54, 1.807) is 6.07 Å². The lowest BCUT2D eigenvalue weighted by atomic mass is 10.0. The van der Waals surface area contributed by atoms with Gasteiger partial charge in [-0.2, -0.15) is 0 Å². The molecule has 0 aromatic heterocycles. The Balaban J connectivity index is 2.09. The Labute approximate surface area is 146 Å². The van der Waals surface area contributed by atoms with Crippen LogP contribution in [0.2, 0.25) is 18.1 Å². The molecule has 4 nitrogen and oxygen atoms in total. The maximum atomic E-state index is 11.7. The first-order chi connectivity index (χ1) is 11.1. The molecule has 1 aliphatic heterocycles. The molecule has 3 atom stereocenters. The molecule has 134 valence electrons. The fraction of sp³-hybridized carbons (Fsp3) is 0.632. The van der Waals surface area contributed by atoms with E-state index >= 15 is 0 Å². The van der Waals surface area contributed by atoms with E-state index in [0.717, 1.165) is 12.0 Å². The second kappa shape index (κ2) is 6.98. The summed E-state index contributed by atoms with van der Waals surface area (Å²) in [5.74, 6) is -0.321. The van der Waals surface area contributed by atoms with Crippen molar-refractivity contribution in [3.05, 3.63) is 35.4 Å². The van der Waals surface area contributed by atoms with Crippen molar-refractivity contribution in [3.63, 3.8) is 0 Å². The number of rotatable bonds is 6. The average molecular weight is 351 g/mol. The summed E-state index contributed by atoms with van der Waals surface area (Å²) >= 11 is 0. The highest BCUT2D eigenvalue weighted by atomic mass is 28.4. The van der Waals surface area contributed by atoms with E-state index in [1.807, 2.05) is 18.2 Å². The summed E-state index contributed by atoms with van der Waals surface area (Å²) in [5.41, 5.74) is 1.57. The van der Waals surface area contributed by atoms with Crippen LogP contribution in [0.3, 0.4) is 0 Å². The summed E-state index contributed by atoms with van der Waals surface area (Å²) in [5, 5.41) is 0.176. The van der Waals surface area contributed by atoms with Crippen molar-refractivity contribution in [2.45, 2.75) is 70.6 Å². The van der Waals surface area contributed by atoms with Crippen LogP contribution in [0.5, 0.6) is 0 Å². The van der Waals surface area contributed by atoms with Gasteiger partial charge >= 0.3 is 5.97 Å². The van der Waals surface area contributed by atoms with Gasteiger partial charge in [-0.3, -0.25) is 0 Å². The third-order valence-electron chi connectivity index (χ3n) is 5.18. The second-order valence-corrected chi connectivity index (χ2v) is 12.7. The Morgan fingerprint density at radius 2 is 2.00 bits per heavy atom. The zero-order valence-corrected chi connectivity index (χ0v) is 16.9. The molecular formula is C19H30O4Si. The summed E-state index contributed by atoms with van der Waals surface area (Å²) in [4.78, 5) is 11.7. The number of esters is 1. The summed E-state index contributed by atoms with van der Waals surface area (Å²) in [6, 6.07) is 7.48. The van der Waals surface area contributed by atoms with E-state index in [-0.39, 0.29) is 29.3 Å². The number of benzene rings is 1. The lowest BCUT2D eigenvalue weighted by Crippen LogP contribution is -2.45. The number of ether oxygens (including phenoxy) is 2. The predicted molar refractivity (Wildman–Crippen MR) is 97.8 cm³/mol. The molecule has 0 spiro atoms. The van der Waals surface area contributed by atoms with E-state index in [0.29, 0.717) is 5.56 Å². The van der Waals surface area contributed by atoms with Crippen molar-refractivity contribution >= 4 is 14.3 Å². The molecule has 0 saturated carbocycles. The van der Waals surface area contributed by atoms with Crippen molar-refractivity contribution < 1.29 is 18.7 Å². The molecule has 1 aromatic rings. The van der Waals surface area contributed by atoms with Crippen LogP contribution in [0.4, 0.5) is 0 Å². The highest BCUT2D eigenvalue weighted by Crippen LogP contribution is 2.46. The van der Waals surface area contributed by atoms with Crippen LogP contribution in [0, 0.1) is 0 Å². The van der Waals surface area contributed by atoms with Gasteiger partial charge in [0.15, 0.2) is 8.32 Å². The van der Waals surface area contributed by atoms with Gasteiger partial charge in [0.05, 0.1) is 18.8 Å². The summed E-state index contributed by atoms with van der Waals surface area (Å²) in [7, 11) is -0.437. The van der Waals surface area contributed by atoms with Gasteiger partial charge in [-0.05, 0) is 42.2 Å². The topological polar surface area (TPSA) is 48.1 Å². The molecular weight excluding hydrogens is 320 g/mol. The van der Waals surface area contributed by atoms with Crippen molar-refractivity contribution in [1.29, 1.82) is 0 Å². The van der Waals surface area contributed by atoms with E-state index in [1.165, 1.54) is 7.11 Å². The number of carbonyl (C=O) groups is 1. The molecule has 1 aromatic carbocycles. The van der Waals surface area contributed by atoms with E-state index in [4.69, 9.17) is 13.9 Å². The van der Waals surface area contributed by atoms with Crippen LogP contribution in [-0.4, -0.2) is 33.6 Å². The molecule has 5 heteroatoms. The molecule has 24 heavy (non-hydrogen) atoms. The van der Waals surface area contributed by atoms with Gasteiger partial charge in [-0.1, -0.05) is 39.8 Å². The number of epoxide rings is 1. The fourth-order valence-electron chi connectivity index (χ4n) is 2.57. The monoisotopic (exact) mass is 350 g/mol. The number of hydrogen-bond acceptors (Lipinski definition) is 4. The fourth-order valence-corrected chi connectivity index (χ4v) is 3.98. The van der Waals surface area contributed by atoms with Crippen LogP contribution in [0.25, 0.3) is 0 Å². The van der Waals surface area contributed by atoms with Gasteiger partial charge in [-0.25, -0.2) is 4.79 Å². The minimum atomic E-state index is -1.83. The lowest BCUT2D eigenvalue weighted by Gasteiger charge is -2.38. The maximum Gasteiger partial charge on any atom is 0.337 e. The van der Waals surface area contributed by atoms with Gasteiger partial charge in [0.2, 0.25) is 0 Å². The van der Waals surface area contributed by atoms with Crippen LogP contribution < -0.4 is 0 Å². The molecule has 1 saturated heterocycles. The van der Waals surface area contributed by atoms with Gasteiger partial charge in [0, 0.05) is 0 Å². The van der Waals surface area contributed by atoms with Crippen molar-refractivity contribution in [2.75, 3.05) is 7.11 Å². The summed E-state index contributed by atoms with van der Waals surface area (Å²) < 4.78 is 17.3. The maximum absolute atomic E-state index is 11.7. The molecule has 3 unspecified atom stereocenters. The number of carbonyl (C=O) groups excluding carboxylic acids is 1. The third kappa shape index (κ3) is 4.07. The Hall–Kier alpha value is -1.17. The zero-order chi connectivity index (χ0) is 18.1. The van der Waals surface area contributed by atoms with E-state index in [9.17, 15) is 4.79 Å². The van der Waals surface area contributed by atoms with Gasteiger partial charge < -0.3 is 13.9 Å². The minimum absolute atomic E-state index is 0.00400. The Morgan fingerprint density at radius 1 is 1.33 bits per heavy atom. The van der Waals surface area contributed by atoms with Crippen LogP contribution >= 0.6 is 0 Å². The third-order valence-corrected chi connectivity index (χ3v) is 9.69. The minimum Gasteiger partial charge on any atom is -0.465 e. The van der Waals surface area contributed by atoms with Crippen molar-refractivity contribution in [2.24, 2.45) is 0 Å². The first-order valence-corrected chi connectivity index (χ1v) is 11.5.